The summed E-state index contributed by atoms with van der Waals surface area (Å²) in [6.07, 6.45) is -4.26. The second-order valence-corrected chi connectivity index (χ2v) is 6.11. The van der Waals surface area contributed by atoms with Crippen molar-refractivity contribution in [3.8, 4) is 0 Å². The third-order valence-corrected chi connectivity index (χ3v) is 3.91. The summed E-state index contributed by atoms with van der Waals surface area (Å²) in [5, 5.41) is 20.5. The van der Waals surface area contributed by atoms with Gasteiger partial charge in [0, 0.05) is 0 Å². The van der Waals surface area contributed by atoms with Crippen LogP contribution < -0.4 is 0 Å². The molecule has 22 heavy (non-hydrogen) atoms. The van der Waals surface area contributed by atoms with Crippen LogP contribution in [0.4, 0.5) is 0 Å². The van der Waals surface area contributed by atoms with Crippen LogP contribution in [-0.4, -0.2) is 53.3 Å². The van der Waals surface area contributed by atoms with Crippen LogP contribution in [0.5, 0.6) is 0 Å². The van der Waals surface area contributed by atoms with E-state index in [2.05, 4.69) is 0 Å². The predicted molar refractivity (Wildman–Crippen MR) is 76.8 cm³/mol. The topological polar surface area (TPSA) is 77.4 Å². The molecule has 3 rings (SSSR count). The van der Waals surface area contributed by atoms with E-state index in [9.17, 15) is 10.2 Å². The van der Waals surface area contributed by atoms with Crippen LogP contribution in [0.1, 0.15) is 19.4 Å². The Morgan fingerprint density at radius 3 is 2.64 bits per heavy atom. The second-order valence-electron chi connectivity index (χ2n) is 6.11. The Labute approximate surface area is 129 Å². The third-order valence-electron chi connectivity index (χ3n) is 3.91. The van der Waals surface area contributed by atoms with Gasteiger partial charge in [0.25, 0.3) is 0 Å². The minimum absolute atomic E-state index is 0.284. The molecule has 2 N–H and O–H groups in total. The smallest absolute Gasteiger partial charge is 0.187 e. The lowest BCUT2D eigenvalue weighted by atomic mass is 9.97. The van der Waals surface area contributed by atoms with Gasteiger partial charge in [0.15, 0.2) is 12.1 Å². The highest BCUT2D eigenvalue weighted by Gasteiger charge is 2.50. The molecular weight excluding hydrogens is 288 g/mol. The van der Waals surface area contributed by atoms with Crippen molar-refractivity contribution < 1.29 is 29.2 Å². The van der Waals surface area contributed by atoms with Crippen molar-refractivity contribution in [1.29, 1.82) is 0 Å². The summed E-state index contributed by atoms with van der Waals surface area (Å²) in [4.78, 5) is 0. The summed E-state index contributed by atoms with van der Waals surface area (Å²) in [6, 6.07) is 9.58. The van der Waals surface area contributed by atoms with Gasteiger partial charge >= 0.3 is 0 Å². The Morgan fingerprint density at radius 1 is 1.18 bits per heavy atom. The Kier molecular flexibility index (Phi) is 4.49. The maximum absolute atomic E-state index is 10.3. The molecule has 0 aromatic heterocycles. The molecule has 122 valence electrons. The molecule has 2 fully saturated rings. The first-order valence-electron chi connectivity index (χ1n) is 7.45. The van der Waals surface area contributed by atoms with E-state index in [4.69, 9.17) is 18.9 Å². The van der Waals surface area contributed by atoms with Gasteiger partial charge in [-0.3, -0.25) is 0 Å². The van der Waals surface area contributed by atoms with Crippen molar-refractivity contribution in [1.82, 2.24) is 0 Å². The van der Waals surface area contributed by atoms with Crippen LogP contribution in [-0.2, 0) is 25.6 Å². The fourth-order valence-electron chi connectivity index (χ4n) is 2.72. The molecule has 0 radical (unpaired) electrons. The standard InChI is InChI=1S/C16H22O6/c1-16(2)20-9-11-14(22-16)12(17)13(18)15(21-11)19-8-10-6-4-3-5-7-10/h3-7,11-15,17-18H,8-9H2,1-2H3/t11-,12-,13-,14+,15-/m1/s1. The highest BCUT2D eigenvalue weighted by atomic mass is 16.8. The van der Waals surface area contributed by atoms with Gasteiger partial charge in [-0.05, 0) is 19.4 Å². The van der Waals surface area contributed by atoms with E-state index in [1.165, 1.54) is 0 Å². The maximum atomic E-state index is 10.3. The maximum Gasteiger partial charge on any atom is 0.187 e. The SMILES string of the molecule is CC1(C)OC[C@H]2O[C@@H](OCc3ccccc3)[C@H](O)[C@@H](O)[C@H]2O1. The van der Waals surface area contributed by atoms with Gasteiger partial charge in [0.1, 0.15) is 24.4 Å². The first kappa shape index (κ1) is 15.9. The van der Waals surface area contributed by atoms with E-state index in [-0.39, 0.29) is 6.61 Å². The molecule has 0 aliphatic carbocycles. The highest BCUT2D eigenvalue weighted by molar-refractivity contribution is 5.13. The fraction of sp³-hybridized carbons (Fsp3) is 0.625. The quantitative estimate of drug-likeness (QED) is 0.860. The van der Waals surface area contributed by atoms with Crippen molar-refractivity contribution in [2.45, 2.75) is 56.9 Å². The van der Waals surface area contributed by atoms with Crippen LogP contribution in [0, 0.1) is 0 Å². The molecule has 2 saturated heterocycles. The van der Waals surface area contributed by atoms with Gasteiger partial charge < -0.3 is 29.2 Å². The highest BCUT2D eigenvalue weighted by Crippen LogP contribution is 2.32. The summed E-state index contributed by atoms with van der Waals surface area (Å²) >= 11 is 0. The van der Waals surface area contributed by atoms with Crippen molar-refractivity contribution in [3.05, 3.63) is 35.9 Å². The molecule has 0 amide bonds. The van der Waals surface area contributed by atoms with Crippen molar-refractivity contribution in [3.63, 3.8) is 0 Å². The van der Waals surface area contributed by atoms with Gasteiger partial charge in [-0.1, -0.05) is 30.3 Å². The van der Waals surface area contributed by atoms with E-state index in [0.717, 1.165) is 5.56 Å². The molecule has 2 heterocycles. The van der Waals surface area contributed by atoms with E-state index < -0.39 is 36.5 Å². The molecule has 2 aliphatic heterocycles. The zero-order valence-electron chi connectivity index (χ0n) is 12.7. The van der Waals surface area contributed by atoms with Gasteiger partial charge in [-0.2, -0.15) is 0 Å². The summed E-state index contributed by atoms with van der Waals surface area (Å²) in [5.41, 5.74) is 0.965. The minimum Gasteiger partial charge on any atom is -0.387 e. The molecule has 6 nitrogen and oxygen atoms in total. The Morgan fingerprint density at radius 2 is 1.91 bits per heavy atom. The van der Waals surface area contributed by atoms with Gasteiger partial charge in [-0.25, -0.2) is 0 Å². The first-order valence-corrected chi connectivity index (χ1v) is 7.45. The lowest BCUT2D eigenvalue weighted by Crippen LogP contribution is -2.64. The number of fused-ring (bicyclic) bond motifs is 1. The molecule has 0 bridgehead atoms. The average molecular weight is 310 g/mol. The molecule has 1 aromatic carbocycles. The summed E-state index contributed by atoms with van der Waals surface area (Å²) in [6.45, 7) is 4.10. The lowest BCUT2D eigenvalue weighted by Gasteiger charge is -2.48. The molecule has 2 aliphatic rings. The number of aliphatic hydroxyl groups excluding tert-OH is 2. The number of rotatable bonds is 3. The zero-order valence-corrected chi connectivity index (χ0v) is 12.7. The summed E-state index contributed by atoms with van der Waals surface area (Å²) in [7, 11) is 0. The Bertz CT molecular complexity index is 489. The predicted octanol–water partition coefficient (Wildman–Crippen LogP) is 0.801. The van der Waals surface area contributed by atoms with E-state index >= 15 is 0 Å². The number of hydrogen-bond acceptors (Lipinski definition) is 6. The second kappa shape index (κ2) is 6.23. The average Bonchev–Trinajstić information content (AvgIpc) is 2.51. The van der Waals surface area contributed by atoms with Gasteiger partial charge in [0.05, 0.1) is 13.2 Å². The monoisotopic (exact) mass is 310 g/mol. The van der Waals surface area contributed by atoms with Crippen LogP contribution >= 0.6 is 0 Å². The molecule has 0 spiro atoms. The molecular formula is C16H22O6. The van der Waals surface area contributed by atoms with Crippen LogP contribution in [0.3, 0.4) is 0 Å². The minimum atomic E-state index is -1.17. The molecule has 1 aromatic rings. The summed E-state index contributed by atoms with van der Waals surface area (Å²) in [5.74, 6) is -0.803. The van der Waals surface area contributed by atoms with Gasteiger partial charge in [0.2, 0.25) is 0 Å². The van der Waals surface area contributed by atoms with E-state index in [0.29, 0.717) is 6.61 Å². The third kappa shape index (κ3) is 3.32. The lowest BCUT2D eigenvalue weighted by molar-refractivity contribution is -0.383. The fourth-order valence-corrected chi connectivity index (χ4v) is 2.72. The summed E-state index contributed by atoms with van der Waals surface area (Å²) < 4.78 is 22.5. The van der Waals surface area contributed by atoms with E-state index in [1.54, 1.807) is 13.8 Å². The zero-order chi connectivity index (χ0) is 15.7. The number of benzene rings is 1. The largest absolute Gasteiger partial charge is 0.387 e. The number of ether oxygens (including phenoxy) is 4. The molecule has 0 saturated carbocycles. The van der Waals surface area contributed by atoms with Crippen LogP contribution in [0.25, 0.3) is 0 Å². The van der Waals surface area contributed by atoms with Crippen LogP contribution in [0.2, 0.25) is 0 Å². The number of hydrogen-bond donors (Lipinski definition) is 2. The Balaban J connectivity index is 1.63. The first-order chi connectivity index (χ1) is 10.5. The molecule has 5 atom stereocenters. The van der Waals surface area contributed by atoms with Crippen molar-refractivity contribution in [2.75, 3.05) is 6.61 Å². The normalized spacial score (nSPS) is 37.5. The molecule has 0 unspecified atom stereocenters. The van der Waals surface area contributed by atoms with E-state index in [1.807, 2.05) is 30.3 Å². The van der Waals surface area contributed by atoms with Crippen molar-refractivity contribution >= 4 is 0 Å². The number of aliphatic hydroxyl groups is 2. The van der Waals surface area contributed by atoms with Crippen LogP contribution in [0.15, 0.2) is 30.3 Å². The van der Waals surface area contributed by atoms with Gasteiger partial charge in [-0.15, -0.1) is 0 Å². The van der Waals surface area contributed by atoms with Crippen molar-refractivity contribution in [2.24, 2.45) is 0 Å². The Hall–Kier alpha value is -1.02. The molecule has 6 heteroatoms.